The number of carbonyl (C=O) groups is 1. The van der Waals surface area contributed by atoms with Gasteiger partial charge in [-0.3, -0.25) is 0 Å². The third kappa shape index (κ3) is 3.98. The molecule has 1 aromatic carbocycles. The molecule has 3 nitrogen and oxygen atoms in total. The van der Waals surface area contributed by atoms with Crippen LogP contribution in [0.2, 0.25) is 0 Å². The topological polar surface area (TPSA) is 35.5 Å². The zero-order chi connectivity index (χ0) is 11.8. The molecule has 16 heavy (non-hydrogen) atoms. The average molecular weight is 238 g/mol. The highest BCUT2D eigenvalue weighted by molar-refractivity contribution is 7.98. The molecule has 1 aromatic rings. The van der Waals surface area contributed by atoms with Gasteiger partial charge in [-0.15, -0.1) is 11.8 Å². The minimum atomic E-state index is -0.444. The molecule has 0 aromatic heterocycles. The molecule has 4 heteroatoms. The Morgan fingerprint density at radius 1 is 1.38 bits per heavy atom. The molecule has 0 spiro atoms. The third-order valence-electron chi connectivity index (χ3n) is 1.83. The molecule has 0 bridgehead atoms. The Balaban J connectivity index is 2.74. The smallest absolute Gasteiger partial charge is 0.374 e. The zero-order valence-electron chi connectivity index (χ0n) is 9.30. The number of hydrogen-bond acceptors (Lipinski definition) is 4. The standard InChI is InChI=1S/C12H14O3S/c1-14-11(12(13)15-9-16-2)8-10-6-4-3-5-7-10/h3-8H,9H2,1-2H3. The largest absolute Gasteiger partial charge is 0.490 e. The molecule has 0 atom stereocenters. The van der Waals surface area contributed by atoms with E-state index in [9.17, 15) is 4.79 Å². The van der Waals surface area contributed by atoms with E-state index in [1.165, 1.54) is 18.9 Å². The summed E-state index contributed by atoms with van der Waals surface area (Å²) in [6, 6.07) is 9.48. The molecule has 0 saturated heterocycles. The number of ether oxygens (including phenoxy) is 2. The quantitative estimate of drug-likeness (QED) is 0.342. The summed E-state index contributed by atoms with van der Waals surface area (Å²) in [6.07, 6.45) is 3.52. The first-order valence-corrected chi connectivity index (χ1v) is 6.14. The fourth-order valence-corrected chi connectivity index (χ4v) is 1.31. The summed E-state index contributed by atoms with van der Waals surface area (Å²) in [4.78, 5) is 11.5. The van der Waals surface area contributed by atoms with Gasteiger partial charge in [0.05, 0.1) is 7.11 Å². The highest BCUT2D eigenvalue weighted by Crippen LogP contribution is 2.09. The second-order valence-corrected chi connectivity index (χ2v) is 3.77. The van der Waals surface area contributed by atoms with Gasteiger partial charge in [0.25, 0.3) is 0 Å². The second-order valence-electron chi connectivity index (χ2n) is 2.96. The third-order valence-corrected chi connectivity index (χ3v) is 2.18. The molecule has 0 aliphatic heterocycles. The minimum absolute atomic E-state index is 0.209. The summed E-state index contributed by atoms with van der Waals surface area (Å²) in [5.74, 6) is 0.0925. The van der Waals surface area contributed by atoms with Crippen LogP contribution < -0.4 is 0 Å². The van der Waals surface area contributed by atoms with Gasteiger partial charge in [0.15, 0.2) is 0 Å². The Kier molecular flexibility index (Phi) is 5.50. The van der Waals surface area contributed by atoms with Crippen LogP contribution in [0.5, 0.6) is 0 Å². The van der Waals surface area contributed by atoms with Gasteiger partial charge in [-0.2, -0.15) is 0 Å². The number of rotatable bonds is 5. The molecule has 0 radical (unpaired) electrons. The molecule has 0 unspecified atom stereocenters. The molecule has 0 N–H and O–H groups in total. The van der Waals surface area contributed by atoms with Gasteiger partial charge >= 0.3 is 5.97 Å². The first-order valence-electron chi connectivity index (χ1n) is 4.74. The maximum Gasteiger partial charge on any atom is 0.374 e. The van der Waals surface area contributed by atoms with Crippen LogP contribution in [0.4, 0.5) is 0 Å². The van der Waals surface area contributed by atoms with E-state index in [1.807, 2.05) is 36.6 Å². The summed E-state index contributed by atoms with van der Waals surface area (Å²) in [5, 5.41) is 0. The Morgan fingerprint density at radius 2 is 2.06 bits per heavy atom. The number of benzene rings is 1. The lowest BCUT2D eigenvalue weighted by Gasteiger charge is -2.05. The molecule has 1 rings (SSSR count). The molecule has 0 fully saturated rings. The van der Waals surface area contributed by atoms with Crippen LogP contribution in [0.15, 0.2) is 36.1 Å². The monoisotopic (exact) mass is 238 g/mol. The van der Waals surface area contributed by atoms with Crippen molar-refractivity contribution in [1.82, 2.24) is 0 Å². The summed E-state index contributed by atoms with van der Waals surface area (Å²) in [7, 11) is 1.45. The second kappa shape index (κ2) is 6.95. The van der Waals surface area contributed by atoms with Crippen LogP contribution in [0.25, 0.3) is 6.08 Å². The maximum atomic E-state index is 11.5. The molecular formula is C12H14O3S. The van der Waals surface area contributed by atoms with Crippen LogP contribution in [-0.2, 0) is 14.3 Å². The SMILES string of the molecule is COC(=Cc1ccccc1)C(=O)OCSC. The number of esters is 1. The Bertz CT molecular complexity index is 360. The van der Waals surface area contributed by atoms with Crippen LogP contribution in [0.1, 0.15) is 5.56 Å². The van der Waals surface area contributed by atoms with Gasteiger partial charge in [-0.1, -0.05) is 30.3 Å². The summed E-state index contributed by atoms with van der Waals surface area (Å²) >= 11 is 1.44. The van der Waals surface area contributed by atoms with E-state index < -0.39 is 5.97 Å². The van der Waals surface area contributed by atoms with Crippen LogP contribution in [0, 0.1) is 0 Å². The van der Waals surface area contributed by atoms with E-state index in [4.69, 9.17) is 9.47 Å². The number of thioether (sulfide) groups is 1. The van der Waals surface area contributed by atoms with Crippen LogP contribution in [0.3, 0.4) is 0 Å². The normalized spacial score (nSPS) is 11.0. The molecule has 0 heterocycles. The summed E-state index contributed by atoms with van der Waals surface area (Å²) in [5.41, 5.74) is 0.903. The summed E-state index contributed by atoms with van der Waals surface area (Å²) < 4.78 is 9.94. The number of methoxy groups -OCH3 is 1. The fraction of sp³-hybridized carbons (Fsp3) is 0.250. The van der Waals surface area contributed by atoms with Gasteiger partial charge in [-0.25, -0.2) is 4.79 Å². The van der Waals surface area contributed by atoms with Crippen molar-refractivity contribution in [3.8, 4) is 0 Å². The van der Waals surface area contributed by atoms with Gasteiger partial charge in [0.1, 0.15) is 5.94 Å². The van der Waals surface area contributed by atoms with E-state index in [2.05, 4.69) is 0 Å². The molecule has 0 amide bonds. The van der Waals surface area contributed by atoms with Crippen molar-refractivity contribution in [1.29, 1.82) is 0 Å². The lowest BCUT2D eigenvalue weighted by Crippen LogP contribution is -2.08. The van der Waals surface area contributed by atoms with Crippen molar-refractivity contribution >= 4 is 23.8 Å². The van der Waals surface area contributed by atoms with Gasteiger partial charge in [0, 0.05) is 0 Å². The maximum absolute atomic E-state index is 11.5. The van der Waals surface area contributed by atoms with Crippen molar-refractivity contribution < 1.29 is 14.3 Å². The van der Waals surface area contributed by atoms with Crippen molar-refractivity contribution in [2.45, 2.75) is 0 Å². The first-order chi connectivity index (χ1) is 7.77. The molecule has 0 aliphatic carbocycles. The van der Waals surface area contributed by atoms with Crippen LogP contribution >= 0.6 is 11.8 Å². The Hall–Kier alpha value is -1.42. The van der Waals surface area contributed by atoms with Crippen molar-refractivity contribution in [3.05, 3.63) is 41.7 Å². The molecule has 0 saturated carbocycles. The molecular weight excluding hydrogens is 224 g/mol. The van der Waals surface area contributed by atoms with Crippen molar-refractivity contribution in [2.24, 2.45) is 0 Å². The average Bonchev–Trinajstić information content (AvgIpc) is 2.34. The van der Waals surface area contributed by atoms with Crippen molar-refractivity contribution in [2.75, 3.05) is 19.3 Å². The fourth-order valence-electron chi connectivity index (χ4n) is 1.09. The lowest BCUT2D eigenvalue weighted by atomic mass is 10.2. The predicted octanol–water partition coefficient (Wildman–Crippen LogP) is 2.54. The predicted molar refractivity (Wildman–Crippen MR) is 65.9 cm³/mol. The van der Waals surface area contributed by atoms with Crippen LogP contribution in [-0.4, -0.2) is 25.3 Å². The van der Waals surface area contributed by atoms with E-state index in [1.54, 1.807) is 6.08 Å². The van der Waals surface area contributed by atoms with E-state index in [0.717, 1.165) is 5.56 Å². The minimum Gasteiger partial charge on any atom is -0.490 e. The van der Waals surface area contributed by atoms with Gasteiger partial charge in [0.2, 0.25) is 5.76 Å². The number of hydrogen-bond donors (Lipinski definition) is 0. The zero-order valence-corrected chi connectivity index (χ0v) is 10.1. The van der Waals surface area contributed by atoms with E-state index in [0.29, 0.717) is 5.94 Å². The molecule has 86 valence electrons. The highest BCUT2D eigenvalue weighted by Gasteiger charge is 2.10. The van der Waals surface area contributed by atoms with E-state index >= 15 is 0 Å². The van der Waals surface area contributed by atoms with Crippen molar-refractivity contribution in [3.63, 3.8) is 0 Å². The molecule has 0 aliphatic rings. The lowest BCUT2D eigenvalue weighted by molar-refractivity contribution is -0.140. The number of carbonyl (C=O) groups excluding carboxylic acids is 1. The Labute approximate surface area is 99.4 Å². The Morgan fingerprint density at radius 3 is 2.62 bits per heavy atom. The van der Waals surface area contributed by atoms with Gasteiger partial charge < -0.3 is 9.47 Å². The summed E-state index contributed by atoms with van der Waals surface area (Å²) in [6.45, 7) is 0. The first kappa shape index (κ1) is 12.6. The van der Waals surface area contributed by atoms with Gasteiger partial charge in [-0.05, 0) is 17.9 Å². The van der Waals surface area contributed by atoms with E-state index in [-0.39, 0.29) is 5.76 Å². The highest BCUT2D eigenvalue weighted by atomic mass is 32.2.